The first-order chi connectivity index (χ1) is 12.9. The average molecular weight is 494 g/mol. The molecule has 1 saturated heterocycles. The van der Waals surface area contributed by atoms with Gasteiger partial charge in [-0.2, -0.15) is 0 Å². The van der Waals surface area contributed by atoms with Gasteiger partial charge in [-0.15, -0.1) is 0 Å². The Morgan fingerprint density at radius 2 is 1.93 bits per heavy atom. The van der Waals surface area contributed by atoms with E-state index in [-0.39, 0.29) is 16.4 Å². The fraction of sp³-hybridized carbons (Fsp3) is 0.105. The first kappa shape index (κ1) is 19.3. The number of benzene rings is 2. The number of anilines is 1. The van der Waals surface area contributed by atoms with Crippen molar-refractivity contribution in [3.63, 3.8) is 0 Å². The van der Waals surface area contributed by atoms with Crippen molar-refractivity contribution in [1.29, 1.82) is 0 Å². The second kappa shape index (κ2) is 8.05. The van der Waals surface area contributed by atoms with E-state index in [4.69, 9.17) is 17.0 Å². The van der Waals surface area contributed by atoms with Crippen molar-refractivity contribution in [3.8, 4) is 11.5 Å². The van der Waals surface area contributed by atoms with E-state index in [0.717, 1.165) is 0 Å². The van der Waals surface area contributed by atoms with Crippen molar-refractivity contribution in [2.24, 2.45) is 0 Å². The molecule has 0 radical (unpaired) electrons. The van der Waals surface area contributed by atoms with Crippen molar-refractivity contribution in [3.05, 3.63) is 57.2 Å². The number of hydrogen-bond acceptors (Lipinski definition) is 5. The van der Waals surface area contributed by atoms with Crippen molar-refractivity contribution in [2.75, 3.05) is 11.5 Å². The topological polar surface area (TPSA) is 78.9 Å². The molecule has 3 rings (SSSR count). The van der Waals surface area contributed by atoms with Crippen LogP contribution in [0.1, 0.15) is 12.5 Å². The van der Waals surface area contributed by atoms with Crippen LogP contribution in [0.4, 0.5) is 5.69 Å². The summed E-state index contributed by atoms with van der Waals surface area (Å²) in [5, 5.41) is 12.2. The number of nitrogens with one attached hydrogen (secondary N) is 1. The quantitative estimate of drug-likeness (QED) is 0.296. The number of ether oxygens (including phenoxy) is 1. The van der Waals surface area contributed by atoms with E-state index >= 15 is 0 Å². The van der Waals surface area contributed by atoms with Gasteiger partial charge in [0.15, 0.2) is 5.11 Å². The van der Waals surface area contributed by atoms with Gasteiger partial charge in [-0.3, -0.25) is 19.8 Å². The minimum atomic E-state index is -0.560. The molecule has 0 unspecified atom stereocenters. The van der Waals surface area contributed by atoms with Crippen molar-refractivity contribution >= 4 is 63.5 Å². The van der Waals surface area contributed by atoms with Crippen molar-refractivity contribution in [1.82, 2.24) is 5.32 Å². The largest absolute Gasteiger partial charge is 0.507 e. The first-order valence-corrected chi connectivity index (χ1v) is 9.52. The molecule has 1 aliphatic heterocycles. The van der Waals surface area contributed by atoms with Gasteiger partial charge in [0.05, 0.1) is 15.9 Å². The van der Waals surface area contributed by atoms with E-state index in [9.17, 15) is 14.7 Å². The first-order valence-electron chi connectivity index (χ1n) is 8.03. The molecule has 0 aromatic heterocycles. The predicted molar refractivity (Wildman–Crippen MR) is 115 cm³/mol. The highest BCUT2D eigenvalue weighted by Gasteiger charge is 2.34. The molecule has 2 amide bonds. The standard InChI is InChI=1S/C19H15IN2O4S/c1-2-26-13-6-4-12(5-7-13)22-18(25)14(17(24)21-19(22)27)9-11-3-8-16(23)15(20)10-11/h3-10,23H,2H2,1H3,(H,21,24,27)/b14-9+. The maximum atomic E-state index is 12.9. The van der Waals surface area contributed by atoms with E-state index in [1.54, 1.807) is 36.4 Å². The Balaban J connectivity index is 1.95. The molecule has 2 N–H and O–H groups in total. The highest BCUT2D eigenvalue weighted by atomic mass is 127. The van der Waals surface area contributed by atoms with Gasteiger partial charge in [-0.1, -0.05) is 6.07 Å². The number of thiocarbonyl (C=S) groups is 1. The number of amides is 2. The fourth-order valence-electron chi connectivity index (χ4n) is 2.53. The zero-order valence-corrected chi connectivity index (χ0v) is 17.2. The third kappa shape index (κ3) is 4.11. The third-order valence-corrected chi connectivity index (χ3v) is 4.94. The lowest BCUT2D eigenvalue weighted by Crippen LogP contribution is -2.54. The molecule has 0 saturated carbocycles. The number of carbonyl (C=O) groups excluding carboxylic acids is 2. The summed E-state index contributed by atoms with van der Waals surface area (Å²) in [7, 11) is 0. The molecule has 0 spiro atoms. The summed E-state index contributed by atoms with van der Waals surface area (Å²) < 4.78 is 6.02. The number of rotatable bonds is 4. The van der Waals surface area contributed by atoms with Gasteiger partial charge < -0.3 is 9.84 Å². The van der Waals surface area contributed by atoms with Crippen molar-refractivity contribution in [2.45, 2.75) is 6.92 Å². The number of halogens is 1. The molecule has 1 aliphatic rings. The van der Waals surface area contributed by atoms with E-state index < -0.39 is 11.8 Å². The summed E-state index contributed by atoms with van der Waals surface area (Å²) in [4.78, 5) is 26.5. The summed E-state index contributed by atoms with van der Waals surface area (Å²) in [5.41, 5.74) is 1.11. The number of phenolic OH excluding ortho intramolecular Hbond substituents is 1. The Morgan fingerprint density at radius 3 is 2.56 bits per heavy atom. The van der Waals surface area contributed by atoms with E-state index in [1.165, 1.54) is 17.0 Å². The summed E-state index contributed by atoms with van der Waals surface area (Å²) in [6, 6.07) is 11.7. The Morgan fingerprint density at radius 1 is 1.22 bits per heavy atom. The van der Waals surface area contributed by atoms with Crippen LogP contribution in [0.2, 0.25) is 0 Å². The molecule has 1 heterocycles. The second-order valence-electron chi connectivity index (χ2n) is 5.60. The minimum absolute atomic E-state index is 0.0200. The Labute approximate surface area is 175 Å². The van der Waals surface area contributed by atoms with Gasteiger partial charge in [0, 0.05) is 0 Å². The number of hydrogen-bond donors (Lipinski definition) is 2. The predicted octanol–water partition coefficient (Wildman–Crippen LogP) is 3.23. The number of phenols is 1. The third-order valence-electron chi connectivity index (χ3n) is 3.79. The highest BCUT2D eigenvalue weighted by molar-refractivity contribution is 14.1. The second-order valence-corrected chi connectivity index (χ2v) is 7.14. The molecule has 27 heavy (non-hydrogen) atoms. The number of carbonyl (C=O) groups is 2. The normalized spacial score (nSPS) is 15.9. The lowest BCUT2D eigenvalue weighted by molar-refractivity contribution is -0.122. The molecule has 2 aromatic carbocycles. The maximum absolute atomic E-state index is 12.9. The van der Waals surface area contributed by atoms with Gasteiger partial charge in [0.2, 0.25) is 0 Å². The molecule has 6 nitrogen and oxygen atoms in total. The highest BCUT2D eigenvalue weighted by Crippen LogP contribution is 2.26. The zero-order chi connectivity index (χ0) is 19.6. The summed E-state index contributed by atoms with van der Waals surface area (Å²) in [6.07, 6.45) is 1.47. The Bertz CT molecular complexity index is 957. The van der Waals surface area contributed by atoms with Crippen LogP contribution in [0.3, 0.4) is 0 Å². The number of aromatic hydroxyl groups is 1. The van der Waals surface area contributed by atoms with Gasteiger partial charge in [-0.25, -0.2) is 0 Å². The SMILES string of the molecule is CCOc1ccc(N2C(=O)/C(=C/c3ccc(O)c(I)c3)C(=O)NC2=S)cc1. The van der Waals surface area contributed by atoms with Crippen LogP contribution in [0.25, 0.3) is 6.08 Å². The molecule has 0 bridgehead atoms. The molecular formula is C19H15IN2O4S. The summed E-state index contributed by atoms with van der Waals surface area (Å²) in [6.45, 7) is 2.42. The van der Waals surface area contributed by atoms with E-state index in [2.05, 4.69) is 5.32 Å². The van der Waals surface area contributed by atoms with Gasteiger partial charge >= 0.3 is 0 Å². The molecular weight excluding hydrogens is 479 g/mol. The van der Waals surface area contributed by atoms with Crippen LogP contribution in [0.5, 0.6) is 11.5 Å². The average Bonchev–Trinajstić information content (AvgIpc) is 2.63. The Kier molecular flexibility index (Phi) is 5.76. The number of nitrogens with zero attached hydrogens (tertiary/aromatic N) is 1. The minimum Gasteiger partial charge on any atom is -0.507 e. The fourth-order valence-corrected chi connectivity index (χ4v) is 3.35. The molecule has 8 heteroatoms. The lowest BCUT2D eigenvalue weighted by Gasteiger charge is -2.29. The Hall–Kier alpha value is -2.46. The van der Waals surface area contributed by atoms with Gasteiger partial charge in [0.1, 0.15) is 17.1 Å². The molecule has 2 aromatic rings. The van der Waals surface area contributed by atoms with Crippen molar-refractivity contribution < 1.29 is 19.4 Å². The smallest absolute Gasteiger partial charge is 0.270 e. The van der Waals surface area contributed by atoms with Crippen LogP contribution >= 0.6 is 34.8 Å². The molecule has 1 fully saturated rings. The molecule has 0 atom stereocenters. The van der Waals surface area contributed by atoms with E-state index in [0.29, 0.717) is 27.2 Å². The monoisotopic (exact) mass is 494 g/mol. The van der Waals surface area contributed by atoms with Crippen LogP contribution in [-0.4, -0.2) is 28.6 Å². The maximum Gasteiger partial charge on any atom is 0.270 e. The lowest BCUT2D eigenvalue weighted by atomic mass is 10.1. The van der Waals surface area contributed by atoms with E-state index in [1.807, 2.05) is 29.5 Å². The zero-order valence-electron chi connectivity index (χ0n) is 14.2. The summed E-state index contributed by atoms with van der Waals surface area (Å²) >= 11 is 7.16. The summed E-state index contributed by atoms with van der Waals surface area (Å²) in [5.74, 6) is -0.268. The van der Waals surface area contributed by atoms with Gasteiger partial charge in [-0.05, 0) is 89.8 Å². The molecule has 0 aliphatic carbocycles. The van der Waals surface area contributed by atoms with Gasteiger partial charge in [0.25, 0.3) is 11.8 Å². The van der Waals surface area contributed by atoms with Crippen LogP contribution in [0, 0.1) is 3.57 Å². The van der Waals surface area contributed by atoms with Crippen LogP contribution < -0.4 is 15.0 Å². The van der Waals surface area contributed by atoms with Crippen LogP contribution in [-0.2, 0) is 9.59 Å². The van der Waals surface area contributed by atoms with Crippen LogP contribution in [0.15, 0.2) is 48.0 Å². The molecule has 138 valence electrons.